The Bertz CT molecular complexity index is 1400. The zero-order valence-electron chi connectivity index (χ0n) is 18.0. The number of imide groups is 2. The number of nitrogens with one attached hydrogen (secondary N) is 3. The normalized spacial score (nSPS) is 17.7. The van der Waals surface area contributed by atoms with Crippen LogP contribution in [0.3, 0.4) is 0 Å². The van der Waals surface area contributed by atoms with Crippen molar-refractivity contribution >= 4 is 61.9 Å². The minimum Gasteiger partial charge on any atom is -0.375 e. The number of carbonyl (C=O) groups is 5. The van der Waals surface area contributed by atoms with Crippen LogP contribution in [0.5, 0.6) is 0 Å². The van der Waals surface area contributed by atoms with Gasteiger partial charge in [0.15, 0.2) is 5.13 Å². The van der Waals surface area contributed by atoms with Gasteiger partial charge in [0.1, 0.15) is 6.04 Å². The molecule has 1 atom stereocenters. The van der Waals surface area contributed by atoms with Crippen LogP contribution >= 0.6 is 11.3 Å². The van der Waals surface area contributed by atoms with Crippen LogP contribution in [0.2, 0.25) is 0 Å². The lowest BCUT2D eigenvalue weighted by atomic mass is 10.0. The van der Waals surface area contributed by atoms with E-state index in [-0.39, 0.29) is 36.4 Å². The van der Waals surface area contributed by atoms with E-state index >= 15 is 0 Å². The fourth-order valence-electron chi connectivity index (χ4n) is 4.09. The molecule has 172 valence electrons. The van der Waals surface area contributed by atoms with Gasteiger partial charge in [-0.15, -0.1) is 0 Å². The summed E-state index contributed by atoms with van der Waals surface area (Å²) in [5, 5.41) is 8.28. The van der Waals surface area contributed by atoms with Gasteiger partial charge in [0.05, 0.1) is 27.9 Å². The first-order valence-corrected chi connectivity index (χ1v) is 11.4. The second-order valence-corrected chi connectivity index (χ2v) is 9.10. The fourth-order valence-corrected chi connectivity index (χ4v) is 5.07. The van der Waals surface area contributed by atoms with Crippen molar-refractivity contribution in [2.45, 2.75) is 25.8 Å². The maximum absolute atomic E-state index is 13.1. The Balaban J connectivity index is 1.30. The Morgan fingerprint density at radius 3 is 2.79 bits per heavy atom. The number of amides is 5. The van der Waals surface area contributed by atoms with E-state index in [0.29, 0.717) is 10.8 Å². The highest BCUT2D eigenvalue weighted by Crippen LogP contribution is 2.32. The van der Waals surface area contributed by atoms with Crippen molar-refractivity contribution in [3.8, 4) is 0 Å². The Kier molecular flexibility index (Phi) is 5.33. The molecule has 3 aromatic rings. The molecule has 0 saturated carbocycles. The van der Waals surface area contributed by atoms with Crippen LogP contribution in [-0.2, 0) is 14.4 Å². The van der Waals surface area contributed by atoms with Gasteiger partial charge in [-0.2, -0.15) is 0 Å². The minimum absolute atomic E-state index is 0.0421. The summed E-state index contributed by atoms with van der Waals surface area (Å²) in [5.74, 6) is -2.72. The molecule has 3 heterocycles. The van der Waals surface area contributed by atoms with Crippen molar-refractivity contribution < 1.29 is 24.0 Å². The molecule has 2 aliphatic heterocycles. The van der Waals surface area contributed by atoms with Crippen molar-refractivity contribution in [3.05, 3.63) is 53.1 Å². The highest BCUT2D eigenvalue weighted by atomic mass is 32.1. The number of aryl methyl sites for hydroxylation is 1. The molecular formula is C23H19N5O5S. The summed E-state index contributed by atoms with van der Waals surface area (Å²) in [5.41, 5.74) is 2.43. The molecule has 2 aromatic carbocycles. The van der Waals surface area contributed by atoms with E-state index in [0.717, 1.165) is 20.7 Å². The molecule has 3 N–H and O–H groups in total. The van der Waals surface area contributed by atoms with Crippen LogP contribution < -0.4 is 16.0 Å². The van der Waals surface area contributed by atoms with Crippen molar-refractivity contribution in [2.75, 3.05) is 17.2 Å². The summed E-state index contributed by atoms with van der Waals surface area (Å²) in [6.45, 7) is 1.82. The molecule has 1 unspecified atom stereocenters. The Hall–Kier alpha value is -4.12. The number of anilines is 2. The highest BCUT2D eigenvalue weighted by molar-refractivity contribution is 7.22. The lowest BCUT2D eigenvalue weighted by Gasteiger charge is -2.27. The Labute approximate surface area is 197 Å². The number of carbonyl (C=O) groups excluding carboxylic acids is 5. The SMILES string of the molecule is Cc1ccc2nc(NC(=O)CNc3cccc4c3C(=O)N(C3CCC(=O)NC3=O)C4=O)sc2c1. The molecule has 10 nitrogen and oxygen atoms in total. The molecule has 0 spiro atoms. The van der Waals surface area contributed by atoms with Crippen LogP contribution in [0.15, 0.2) is 36.4 Å². The predicted octanol–water partition coefficient (Wildman–Crippen LogP) is 2.06. The average molecular weight is 478 g/mol. The number of hydrogen-bond donors (Lipinski definition) is 3. The van der Waals surface area contributed by atoms with Gasteiger partial charge in [-0.3, -0.25) is 34.2 Å². The van der Waals surface area contributed by atoms with E-state index in [1.165, 1.54) is 17.4 Å². The first kappa shape index (κ1) is 21.7. The molecule has 2 aliphatic rings. The Morgan fingerprint density at radius 1 is 1.18 bits per heavy atom. The number of benzene rings is 2. The standard InChI is InChI=1S/C23H19N5O5S/c1-11-5-6-13-16(9-11)34-23(25-13)27-18(30)10-24-14-4-2-3-12-19(14)22(33)28(21(12)32)15-7-8-17(29)26-20(15)31/h2-6,9,15,24H,7-8,10H2,1H3,(H,25,27,30)(H,26,29,31). The summed E-state index contributed by atoms with van der Waals surface area (Å²) < 4.78 is 0.960. The minimum atomic E-state index is -1.05. The van der Waals surface area contributed by atoms with Crippen LogP contribution in [0, 0.1) is 6.92 Å². The van der Waals surface area contributed by atoms with Gasteiger partial charge >= 0.3 is 0 Å². The summed E-state index contributed by atoms with van der Waals surface area (Å²) in [7, 11) is 0. The lowest BCUT2D eigenvalue weighted by Crippen LogP contribution is -2.54. The quantitative estimate of drug-likeness (QED) is 0.478. The zero-order chi connectivity index (χ0) is 24.0. The average Bonchev–Trinajstić information content (AvgIpc) is 3.30. The number of rotatable bonds is 5. The van der Waals surface area contributed by atoms with Crippen molar-refractivity contribution in [1.82, 2.24) is 15.2 Å². The van der Waals surface area contributed by atoms with Crippen LogP contribution in [0.4, 0.5) is 10.8 Å². The predicted molar refractivity (Wildman–Crippen MR) is 125 cm³/mol. The second kappa shape index (κ2) is 8.34. The monoisotopic (exact) mass is 477 g/mol. The van der Waals surface area contributed by atoms with Gasteiger partial charge in [0.2, 0.25) is 17.7 Å². The van der Waals surface area contributed by atoms with Crippen molar-refractivity contribution in [1.29, 1.82) is 0 Å². The van der Waals surface area contributed by atoms with E-state index in [9.17, 15) is 24.0 Å². The van der Waals surface area contributed by atoms with Crippen LogP contribution in [0.1, 0.15) is 39.1 Å². The van der Waals surface area contributed by atoms with Crippen LogP contribution in [-0.4, -0.2) is 52.0 Å². The molecule has 5 amide bonds. The molecule has 1 aromatic heterocycles. The zero-order valence-corrected chi connectivity index (χ0v) is 18.8. The third-order valence-electron chi connectivity index (χ3n) is 5.70. The largest absolute Gasteiger partial charge is 0.375 e. The highest BCUT2D eigenvalue weighted by Gasteiger charge is 2.45. The first-order chi connectivity index (χ1) is 16.3. The van der Waals surface area contributed by atoms with Crippen molar-refractivity contribution in [2.24, 2.45) is 0 Å². The Morgan fingerprint density at radius 2 is 2.00 bits per heavy atom. The molecule has 1 saturated heterocycles. The summed E-state index contributed by atoms with van der Waals surface area (Å²) in [6.07, 6.45) is 0.115. The van der Waals surface area contributed by atoms with Gasteiger partial charge in [0, 0.05) is 12.1 Å². The van der Waals surface area contributed by atoms with Gasteiger partial charge in [-0.1, -0.05) is 23.5 Å². The molecule has 34 heavy (non-hydrogen) atoms. The van der Waals surface area contributed by atoms with E-state index < -0.39 is 29.7 Å². The maximum Gasteiger partial charge on any atom is 0.264 e. The van der Waals surface area contributed by atoms with Gasteiger partial charge in [0.25, 0.3) is 11.8 Å². The molecule has 0 bridgehead atoms. The van der Waals surface area contributed by atoms with Crippen LogP contribution in [0.25, 0.3) is 10.2 Å². The van der Waals surface area contributed by atoms with Crippen molar-refractivity contribution in [3.63, 3.8) is 0 Å². The molecule has 5 rings (SSSR count). The molecule has 0 radical (unpaired) electrons. The number of fused-ring (bicyclic) bond motifs is 2. The third kappa shape index (κ3) is 3.79. The molecule has 0 aliphatic carbocycles. The number of hydrogen-bond acceptors (Lipinski definition) is 8. The number of thiazole rings is 1. The number of nitrogens with zero attached hydrogens (tertiary/aromatic N) is 2. The molecule has 1 fully saturated rings. The lowest BCUT2D eigenvalue weighted by molar-refractivity contribution is -0.136. The maximum atomic E-state index is 13.1. The van der Waals surface area contributed by atoms with Gasteiger partial charge < -0.3 is 10.6 Å². The third-order valence-corrected chi connectivity index (χ3v) is 6.63. The number of aromatic nitrogens is 1. The van der Waals surface area contributed by atoms with E-state index in [2.05, 4.69) is 20.9 Å². The first-order valence-electron chi connectivity index (χ1n) is 10.6. The summed E-state index contributed by atoms with van der Waals surface area (Å²) in [4.78, 5) is 67.5. The van der Waals surface area contributed by atoms with Gasteiger partial charge in [-0.05, 0) is 43.2 Å². The van der Waals surface area contributed by atoms with E-state index in [1.54, 1.807) is 12.1 Å². The summed E-state index contributed by atoms with van der Waals surface area (Å²) in [6, 6.07) is 9.45. The fraction of sp³-hybridized carbons (Fsp3) is 0.217. The van der Waals surface area contributed by atoms with E-state index in [1.807, 2.05) is 25.1 Å². The topological polar surface area (TPSA) is 138 Å². The summed E-state index contributed by atoms with van der Waals surface area (Å²) >= 11 is 1.36. The molecular weight excluding hydrogens is 458 g/mol. The molecule has 11 heteroatoms. The smallest absolute Gasteiger partial charge is 0.264 e. The second-order valence-electron chi connectivity index (χ2n) is 8.07. The number of piperidine rings is 1. The van der Waals surface area contributed by atoms with E-state index in [4.69, 9.17) is 0 Å². The van der Waals surface area contributed by atoms with Gasteiger partial charge in [-0.25, -0.2) is 4.98 Å².